The first-order valence-electron chi connectivity index (χ1n) is 3.91. The maximum absolute atomic E-state index is 10.9. The lowest BCUT2D eigenvalue weighted by atomic mass is 10.7. The number of aliphatic carboxylic acids is 1. The highest BCUT2D eigenvalue weighted by atomic mass is 16.8. The van der Waals surface area contributed by atoms with Gasteiger partial charge in [-0.05, 0) is 0 Å². The van der Waals surface area contributed by atoms with Crippen molar-refractivity contribution >= 4 is 12.1 Å². The van der Waals surface area contributed by atoms with Crippen LogP contribution < -0.4 is 0 Å². The molecule has 0 heterocycles. The number of nitrogens with zero attached hydrogens (tertiary/aromatic N) is 3. The molecular weight excluding hydrogens is 226 g/mol. The third kappa shape index (κ3) is 6.23. The molecular formula is C6H11N3O7. The van der Waals surface area contributed by atoms with Crippen molar-refractivity contribution in [1.82, 2.24) is 5.01 Å². The highest BCUT2D eigenvalue weighted by Gasteiger charge is 2.11. The van der Waals surface area contributed by atoms with Crippen LogP contribution in [-0.4, -0.2) is 54.7 Å². The Morgan fingerprint density at radius 2 is 2.19 bits per heavy atom. The molecule has 92 valence electrons. The van der Waals surface area contributed by atoms with Crippen molar-refractivity contribution in [3.8, 4) is 0 Å². The van der Waals surface area contributed by atoms with Crippen LogP contribution in [0.5, 0.6) is 0 Å². The fourth-order valence-electron chi connectivity index (χ4n) is 0.525. The molecule has 0 aliphatic carbocycles. The van der Waals surface area contributed by atoms with Crippen LogP contribution in [0.3, 0.4) is 0 Å². The van der Waals surface area contributed by atoms with Crippen LogP contribution in [0.1, 0.15) is 0 Å². The molecule has 16 heavy (non-hydrogen) atoms. The molecule has 0 aliphatic rings. The van der Waals surface area contributed by atoms with Gasteiger partial charge < -0.3 is 24.6 Å². The average molecular weight is 237 g/mol. The molecule has 10 heteroatoms. The Labute approximate surface area is 90.1 Å². The van der Waals surface area contributed by atoms with Gasteiger partial charge in [-0.2, -0.15) is 0 Å². The van der Waals surface area contributed by atoms with Crippen molar-refractivity contribution in [1.29, 1.82) is 0 Å². The maximum atomic E-state index is 10.9. The van der Waals surface area contributed by atoms with E-state index in [0.717, 1.165) is 12.1 Å². The van der Waals surface area contributed by atoms with Crippen LogP contribution >= 0.6 is 0 Å². The van der Waals surface area contributed by atoms with E-state index in [0.29, 0.717) is 0 Å². The van der Waals surface area contributed by atoms with Gasteiger partial charge in [0.05, 0.1) is 19.1 Å². The van der Waals surface area contributed by atoms with E-state index in [9.17, 15) is 14.8 Å². The summed E-state index contributed by atoms with van der Waals surface area (Å²) in [6, 6.07) is 0. The van der Waals surface area contributed by atoms with Gasteiger partial charge in [-0.15, -0.1) is 5.01 Å². The van der Waals surface area contributed by atoms with E-state index in [1.807, 2.05) is 0 Å². The number of hydrogen-bond acceptors (Lipinski definition) is 7. The summed E-state index contributed by atoms with van der Waals surface area (Å²) in [4.78, 5) is 24.7. The van der Waals surface area contributed by atoms with Gasteiger partial charge in [-0.25, -0.2) is 4.79 Å². The van der Waals surface area contributed by atoms with Crippen molar-refractivity contribution in [3.05, 3.63) is 5.21 Å². The lowest BCUT2D eigenvalue weighted by Gasteiger charge is -2.09. The monoisotopic (exact) mass is 237 g/mol. The number of carbonyl (C=O) groups is 2. The molecule has 0 spiro atoms. The Kier molecular flexibility index (Phi) is 6.09. The van der Waals surface area contributed by atoms with Gasteiger partial charge >= 0.3 is 12.1 Å². The first-order valence-corrected chi connectivity index (χ1v) is 3.91. The Morgan fingerprint density at radius 1 is 1.56 bits per heavy atom. The number of hydrazine groups is 1. The summed E-state index contributed by atoms with van der Waals surface area (Å²) in [6.07, 6.45) is -0.994. The predicted molar refractivity (Wildman–Crippen MR) is 45.8 cm³/mol. The summed E-state index contributed by atoms with van der Waals surface area (Å²) >= 11 is 0. The fraction of sp³-hybridized carbons (Fsp3) is 0.667. The van der Waals surface area contributed by atoms with Crippen LogP contribution in [0.2, 0.25) is 0 Å². The summed E-state index contributed by atoms with van der Waals surface area (Å²) in [5, 5.41) is 22.9. The second-order valence-electron chi connectivity index (χ2n) is 2.39. The fourth-order valence-corrected chi connectivity index (χ4v) is 0.525. The SMILES string of the molecule is COC(=O)OCO/N=[N+](\[O-])N(C)CC(=O)O. The molecule has 10 nitrogen and oxygen atoms in total. The zero-order valence-electron chi connectivity index (χ0n) is 8.65. The minimum Gasteiger partial charge on any atom is -0.569 e. The zero-order valence-corrected chi connectivity index (χ0v) is 8.65. The summed E-state index contributed by atoms with van der Waals surface area (Å²) in [6.45, 7) is -1.17. The first-order chi connectivity index (χ1) is 7.47. The molecule has 0 aliphatic heterocycles. The van der Waals surface area contributed by atoms with E-state index < -0.39 is 25.5 Å². The lowest BCUT2D eigenvalue weighted by molar-refractivity contribution is -0.704. The maximum Gasteiger partial charge on any atom is 0.510 e. The number of rotatable bonds is 6. The smallest absolute Gasteiger partial charge is 0.510 e. The standard InChI is InChI=1S/C6H11N3O7/c1-8(3-5(10)11)9(13)7-16-4-15-6(12)14-2/h3-4H2,1-2H3,(H,10,11)/b9-7-. The lowest BCUT2D eigenvalue weighted by Crippen LogP contribution is -2.31. The molecule has 0 saturated carbocycles. The molecule has 0 radical (unpaired) electrons. The minimum atomic E-state index is -1.20. The largest absolute Gasteiger partial charge is 0.569 e. The second kappa shape index (κ2) is 7.09. The predicted octanol–water partition coefficient (Wildman–Crippen LogP) is -0.448. The van der Waals surface area contributed by atoms with Gasteiger partial charge in [0, 0.05) is 0 Å². The van der Waals surface area contributed by atoms with Gasteiger partial charge in [0.25, 0.3) is 6.79 Å². The number of ether oxygens (including phenoxy) is 2. The Balaban J connectivity index is 3.86. The molecule has 0 fully saturated rings. The van der Waals surface area contributed by atoms with Crippen LogP contribution in [0.4, 0.5) is 4.79 Å². The molecule has 0 rings (SSSR count). The number of likely N-dealkylation sites (N-methyl/N-ethyl adjacent to an activating group) is 1. The number of carbonyl (C=O) groups excluding carboxylic acids is 1. The van der Waals surface area contributed by atoms with E-state index >= 15 is 0 Å². The normalized spacial score (nSPS) is 10.5. The van der Waals surface area contributed by atoms with Crippen LogP contribution in [0.15, 0.2) is 5.28 Å². The van der Waals surface area contributed by atoms with Crippen LogP contribution in [-0.2, 0) is 19.1 Å². The third-order valence-corrected chi connectivity index (χ3v) is 1.18. The molecule has 0 amide bonds. The molecule has 1 N–H and O–H groups in total. The summed E-state index contributed by atoms with van der Waals surface area (Å²) < 4.78 is 8.32. The van der Waals surface area contributed by atoms with Gasteiger partial charge in [0.15, 0.2) is 6.54 Å². The van der Waals surface area contributed by atoms with Crippen molar-refractivity contribution in [3.63, 3.8) is 0 Å². The third-order valence-electron chi connectivity index (χ3n) is 1.18. The Morgan fingerprint density at radius 3 is 2.69 bits per heavy atom. The van der Waals surface area contributed by atoms with E-state index in [-0.39, 0.29) is 4.97 Å². The molecule has 0 unspecified atom stereocenters. The molecule has 0 saturated heterocycles. The van der Waals surface area contributed by atoms with Gasteiger partial charge in [-0.3, -0.25) is 4.79 Å². The van der Waals surface area contributed by atoms with Crippen molar-refractivity contribution in [2.24, 2.45) is 5.28 Å². The average Bonchev–Trinajstić information content (AvgIpc) is 2.22. The summed E-state index contributed by atoms with van der Waals surface area (Å²) in [5.74, 6) is -1.20. The molecule has 0 bridgehead atoms. The summed E-state index contributed by atoms with van der Waals surface area (Å²) in [7, 11) is 2.29. The number of hydrogen-bond donors (Lipinski definition) is 1. The van der Waals surface area contributed by atoms with Crippen molar-refractivity contribution in [2.45, 2.75) is 0 Å². The van der Waals surface area contributed by atoms with E-state index in [1.54, 1.807) is 0 Å². The quantitative estimate of drug-likeness (QED) is 0.164. The van der Waals surface area contributed by atoms with Crippen LogP contribution in [0, 0.1) is 5.21 Å². The molecule has 0 aromatic carbocycles. The minimum absolute atomic E-state index is 0.102. The van der Waals surface area contributed by atoms with E-state index in [1.165, 1.54) is 7.05 Å². The molecule has 0 atom stereocenters. The number of carboxylic acids is 1. The highest BCUT2D eigenvalue weighted by Crippen LogP contribution is 1.89. The first kappa shape index (κ1) is 13.7. The summed E-state index contributed by atoms with van der Waals surface area (Å²) in [5.41, 5.74) is 0. The zero-order chi connectivity index (χ0) is 12.6. The highest BCUT2D eigenvalue weighted by molar-refractivity contribution is 5.68. The van der Waals surface area contributed by atoms with E-state index in [2.05, 4.69) is 19.6 Å². The Bertz CT molecular complexity index is 279. The Hall–Kier alpha value is -2.26. The van der Waals surface area contributed by atoms with E-state index in [4.69, 9.17) is 5.11 Å². The van der Waals surface area contributed by atoms with Crippen molar-refractivity contribution in [2.75, 3.05) is 27.5 Å². The number of methoxy groups -OCH3 is 1. The molecule has 0 aromatic rings. The second-order valence-corrected chi connectivity index (χ2v) is 2.39. The van der Waals surface area contributed by atoms with Gasteiger partial charge in [-0.1, -0.05) is 0 Å². The number of carboxylic acid groups (broad SMARTS) is 1. The van der Waals surface area contributed by atoms with Gasteiger partial charge in [0.1, 0.15) is 0 Å². The topological polar surface area (TPSA) is 124 Å². The van der Waals surface area contributed by atoms with Crippen molar-refractivity contribution < 1.29 is 34.0 Å². The molecule has 0 aromatic heterocycles. The van der Waals surface area contributed by atoms with Gasteiger partial charge in [0.2, 0.25) is 5.28 Å². The van der Waals surface area contributed by atoms with Crippen LogP contribution in [0.25, 0.3) is 0 Å².